The van der Waals surface area contributed by atoms with E-state index in [1.807, 2.05) is 0 Å². The molecule has 0 aliphatic carbocycles. The minimum absolute atomic E-state index is 0.214. The second-order valence-electron chi connectivity index (χ2n) is 4.70. The Balaban J connectivity index is 2.50. The smallest absolute Gasteiger partial charge is 0.239 e. The van der Waals surface area contributed by atoms with Crippen molar-refractivity contribution in [1.82, 2.24) is 5.32 Å². The molecule has 0 atom stereocenters. The minimum Gasteiger partial charge on any atom is -0.494 e. The first kappa shape index (κ1) is 14.4. The van der Waals surface area contributed by atoms with E-state index in [9.17, 15) is 9.18 Å². The van der Waals surface area contributed by atoms with Crippen LogP contribution in [0.1, 0.15) is 19.4 Å². The van der Waals surface area contributed by atoms with Crippen LogP contribution in [0.5, 0.6) is 5.75 Å². The fraction of sp³-hybridized carbons (Fsp3) is 0.462. The monoisotopic (exact) mass is 254 g/mol. The molecule has 0 radical (unpaired) electrons. The Kier molecular flexibility index (Phi) is 4.67. The molecule has 0 heterocycles. The van der Waals surface area contributed by atoms with Crippen LogP contribution in [0.3, 0.4) is 0 Å². The maximum atomic E-state index is 13.4. The van der Waals surface area contributed by atoms with Crippen LogP contribution in [0.4, 0.5) is 4.39 Å². The molecule has 0 fully saturated rings. The van der Waals surface area contributed by atoms with E-state index < -0.39 is 11.4 Å². The number of ether oxygens (including phenoxy) is 1. The number of nitrogens with two attached hydrogens (primary N) is 1. The van der Waals surface area contributed by atoms with E-state index in [-0.39, 0.29) is 11.7 Å². The molecule has 0 saturated carbocycles. The molecule has 3 N–H and O–H groups in total. The van der Waals surface area contributed by atoms with Gasteiger partial charge >= 0.3 is 0 Å². The lowest BCUT2D eigenvalue weighted by atomic mass is 10.1. The lowest BCUT2D eigenvalue weighted by Gasteiger charge is -2.17. The average molecular weight is 254 g/mol. The molecule has 4 nitrogen and oxygen atoms in total. The normalized spacial score (nSPS) is 11.2. The van der Waals surface area contributed by atoms with Crippen molar-refractivity contribution in [2.75, 3.05) is 13.7 Å². The molecule has 0 unspecified atom stereocenters. The van der Waals surface area contributed by atoms with E-state index in [1.165, 1.54) is 13.2 Å². The van der Waals surface area contributed by atoms with E-state index in [4.69, 9.17) is 10.5 Å². The first-order chi connectivity index (χ1) is 8.34. The first-order valence-electron chi connectivity index (χ1n) is 5.74. The minimum atomic E-state index is -0.898. The Morgan fingerprint density at radius 1 is 1.50 bits per heavy atom. The highest BCUT2D eigenvalue weighted by molar-refractivity contribution is 5.84. The molecule has 1 rings (SSSR count). The maximum absolute atomic E-state index is 13.4. The van der Waals surface area contributed by atoms with Gasteiger partial charge in [-0.15, -0.1) is 0 Å². The molecular formula is C13H19FN2O2. The van der Waals surface area contributed by atoms with E-state index in [0.717, 1.165) is 5.56 Å². The Morgan fingerprint density at radius 3 is 2.67 bits per heavy atom. The second kappa shape index (κ2) is 5.82. The number of hydrogen-bond donors (Lipinski definition) is 2. The third kappa shape index (κ3) is 4.00. The number of carbonyl (C=O) groups excluding carboxylic acids is 1. The lowest BCUT2D eigenvalue weighted by molar-refractivity contribution is -0.125. The zero-order valence-corrected chi connectivity index (χ0v) is 10.9. The highest BCUT2D eigenvalue weighted by Crippen LogP contribution is 2.17. The molecule has 100 valence electrons. The largest absolute Gasteiger partial charge is 0.494 e. The Labute approximate surface area is 106 Å². The maximum Gasteiger partial charge on any atom is 0.239 e. The summed E-state index contributed by atoms with van der Waals surface area (Å²) < 4.78 is 18.2. The molecule has 1 aromatic carbocycles. The summed E-state index contributed by atoms with van der Waals surface area (Å²) in [7, 11) is 1.42. The van der Waals surface area contributed by atoms with Crippen molar-refractivity contribution in [3.63, 3.8) is 0 Å². The highest BCUT2D eigenvalue weighted by atomic mass is 19.1. The van der Waals surface area contributed by atoms with Crippen LogP contribution in [0.2, 0.25) is 0 Å². The Bertz CT molecular complexity index is 427. The number of methoxy groups -OCH3 is 1. The quantitative estimate of drug-likeness (QED) is 0.830. The zero-order chi connectivity index (χ0) is 13.8. The molecule has 0 saturated heterocycles. The predicted molar refractivity (Wildman–Crippen MR) is 67.9 cm³/mol. The Morgan fingerprint density at radius 2 is 2.17 bits per heavy atom. The van der Waals surface area contributed by atoms with Crippen molar-refractivity contribution in [1.29, 1.82) is 0 Å². The van der Waals surface area contributed by atoms with E-state index in [2.05, 4.69) is 5.32 Å². The van der Waals surface area contributed by atoms with Crippen LogP contribution in [-0.2, 0) is 11.2 Å². The van der Waals surface area contributed by atoms with E-state index >= 15 is 0 Å². The third-order valence-corrected chi connectivity index (χ3v) is 2.50. The summed E-state index contributed by atoms with van der Waals surface area (Å²) in [6.07, 6.45) is 0.544. The molecule has 0 bridgehead atoms. The number of benzene rings is 1. The van der Waals surface area contributed by atoms with Crippen LogP contribution >= 0.6 is 0 Å². The standard InChI is InChI=1S/C13H19FN2O2/c1-13(2,15)12(17)16-7-6-9-4-5-11(18-3)10(14)8-9/h4-5,8H,6-7,15H2,1-3H3,(H,16,17). The number of nitrogens with one attached hydrogen (secondary N) is 1. The fourth-order valence-corrected chi connectivity index (χ4v) is 1.41. The van der Waals surface area contributed by atoms with Gasteiger partial charge in [0.2, 0.25) is 5.91 Å². The van der Waals surface area contributed by atoms with Crippen molar-refractivity contribution >= 4 is 5.91 Å². The van der Waals surface area contributed by atoms with E-state index in [0.29, 0.717) is 13.0 Å². The first-order valence-corrected chi connectivity index (χ1v) is 5.74. The summed E-state index contributed by atoms with van der Waals surface area (Å²) in [5.41, 5.74) is 5.53. The van der Waals surface area contributed by atoms with Gasteiger partial charge < -0.3 is 15.8 Å². The fourth-order valence-electron chi connectivity index (χ4n) is 1.41. The predicted octanol–water partition coefficient (Wildman–Crippen LogP) is 1.23. The van der Waals surface area contributed by atoms with Gasteiger partial charge in [0.15, 0.2) is 11.6 Å². The number of amides is 1. The summed E-state index contributed by atoms with van der Waals surface area (Å²) >= 11 is 0. The second-order valence-corrected chi connectivity index (χ2v) is 4.70. The van der Waals surface area contributed by atoms with Crippen molar-refractivity contribution in [3.8, 4) is 5.75 Å². The SMILES string of the molecule is COc1ccc(CCNC(=O)C(C)(C)N)cc1F. The van der Waals surface area contributed by atoms with Crippen LogP contribution in [0.25, 0.3) is 0 Å². The molecular weight excluding hydrogens is 235 g/mol. The summed E-state index contributed by atoms with van der Waals surface area (Å²) in [6.45, 7) is 3.69. The molecule has 0 spiro atoms. The number of carbonyl (C=O) groups is 1. The number of hydrogen-bond acceptors (Lipinski definition) is 3. The third-order valence-electron chi connectivity index (χ3n) is 2.50. The zero-order valence-electron chi connectivity index (χ0n) is 10.9. The number of rotatable bonds is 5. The van der Waals surface area contributed by atoms with Gasteiger partial charge in [-0.05, 0) is 38.0 Å². The summed E-state index contributed by atoms with van der Waals surface area (Å²) in [5, 5.41) is 2.70. The van der Waals surface area contributed by atoms with Gasteiger partial charge in [-0.25, -0.2) is 4.39 Å². The molecule has 1 amide bonds. The molecule has 0 aliphatic heterocycles. The van der Waals surface area contributed by atoms with Crippen LogP contribution < -0.4 is 15.8 Å². The van der Waals surface area contributed by atoms with Crippen LogP contribution in [0, 0.1) is 5.82 Å². The van der Waals surface area contributed by atoms with Crippen molar-refractivity contribution in [3.05, 3.63) is 29.6 Å². The summed E-state index contributed by atoms with van der Waals surface area (Å²) in [4.78, 5) is 11.5. The van der Waals surface area contributed by atoms with Gasteiger partial charge in [-0.3, -0.25) is 4.79 Å². The molecule has 5 heteroatoms. The highest BCUT2D eigenvalue weighted by Gasteiger charge is 2.20. The molecule has 0 aliphatic rings. The van der Waals surface area contributed by atoms with Gasteiger partial charge in [0.05, 0.1) is 12.6 Å². The van der Waals surface area contributed by atoms with Gasteiger partial charge in [0, 0.05) is 6.54 Å². The summed E-state index contributed by atoms with van der Waals surface area (Å²) in [6, 6.07) is 4.74. The lowest BCUT2D eigenvalue weighted by Crippen LogP contribution is -2.49. The summed E-state index contributed by atoms with van der Waals surface area (Å²) in [5.74, 6) is -0.414. The van der Waals surface area contributed by atoms with Crippen molar-refractivity contribution < 1.29 is 13.9 Å². The van der Waals surface area contributed by atoms with Gasteiger partial charge in [-0.1, -0.05) is 6.07 Å². The number of halogens is 1. The van der Waals surface area contributed by atoms with E-state index in [1.54, 1.807) is 26.0 Å². The molecule has 1 aromatic rings. The van der Waals surface area contributed by atoms with Gasteiger partial charge in [0.1, 0.15) is 0 Å². The Hall–Kier alpha value is -1.62. The molecule has 18 heavy (non-hydrogen) atoms. The van der Waals surface area contributed by atoms with Gasteiger partial charge in [0.25, 0.3) is 0 Å². The van der Waals surface area contributed by atoms with Crippen LogP contribution in [0.15, 0.2) is 18.2 Å². The van der Waals surface area contributed by atoms with Crippen molar-refractivity contribution in [2.45, 2.75) is 25.8 Å². The van der Waals surface area contributed by atoms with Crippen molar-refractivity contribution in [2.24, 2.45) is 5.73 Å². The molecule has 0 aromatic heterocycles. The van der Waals surface area contributed by atoms with Gasteiger partial charge in [-0.2, -0.15) is 0 Å². The average Bonchev–Trinajstić information content (AvgIpc) is 2.28. The topological polar surface area (TPSA) is 64.3 Å². The van der Waals surface area contributed by atoms with Crippen LogP contribution in [-0.4, -0.2) is 25.1 Å².